The molecule has 0 aliphatic heterocycles. The van der Waals surface area contributed by atoms with E-state index in [0.717, 1.165) is 12.3 Å². The van der Waals surface area contributed by atoms with Gasteiger partial charge < -0.3 is 10.6 Å². The molecule has 0 bridgehead atoms. The molecule has 0 heterocycles. The van der Waals surface area contributed by atoms with E-state index in [2.05, 4.69) is 17.6 Å². The third kappa shape index (κ3) is 4.11. The highest BCUT2D eigenvalue weighted by Crippen LogP contribution is 2.33. The molecule has 1 atom stereocenters. The van der Waals surface area contributed by atoms with Gasteiger partial charge in [0, 0.05) is 6.04 Å². The van der Waals surface area contributed by atoms with Crippen molar-refractivity contribution < 1.29 is 9.18 Å². The minimum atomic E-state index is -0.406. The highest BCUT2D eigenvalue weighted by Gasteiger charge is 2.23. The lowest BCUT2D eigenvalue weighted by atomic mass is 10.1. The Kier molecular flexibility index (Phi) is 4.31. The van der Waals surface area contributed by atoms with Crippen molar-refractivity contribution in [2.24, 2.45) is 5.92 Å². The van der Waals surface area contributed by atoms with Crippen LogP contribution in [0.1, 0.15) is 26.2 Å². The zero-order valence-corrected chi connectivity index (χ0v) is 10.6. The van der Waals surface area contributed by atoms with Crippen molar-refractivity contribution >= 4 is 11.6 Å². The van der Waals surface area contributed by atoms with Crippen molar-refractivity contribution in [3.63, 3.8) is 0 Å². The fraction of sp³-hybridized carbons (Fsp3) is 0.500. The quantitative estimate of drug-likeness (QED) is 0.814. The van der Waals surface area contributed by atoms with Gasteiger partial charge in [-0.05, 0) is 31.4 Å². The van der Waals surface area contributed by atoms with Gasteiger partial charge in [0.15, 0.2) is 0 Å². The molecule has 2 N–H and O–H groups in total. The fourth-order valence-electron chi connectivity index (χ4n) is 1.96. The van der Waals surface area contributed by atoms with Crippen molar-refractivity contribution in [3.05, 3.63) is 30.1 Å². The summed E-state index contributed by atoms with van der Waals surface area (Å²) in [6, 6.07) is 6.52. The van der Waals surface area contributed by atoms with E-state index in [0.29, 0.717) is 6.04 Å². The predicted molar refractivity (Wildman–Crippen MR) is 69.8 cm³/mol. The predicted octanol–water partition coefficient (Wildman–Crippen LogP) is 2.54. The largest absolute Gasteiger partial charge is 0.322 e. The van der Waals surface area contributed by atoms with Gasteiger partial charge in [0.1, 0.15) is 5.82 Å². The first-order valence-corrected chi connectivity index (χ1v) is 6.43. The first kappa shape index (κ1) is 13.0. The number of carbonyl (C=O) groups is 1. The lowest BCUT2D eigenvalue weighted by Gasteiger charge is -2.13. The summed E-state index contributed by atoms with van der Waals surface area (Å²) in [7, 11) is 0. The molecule has 1 saturated carbocycles. The molecule has 1 aromatic rings. The van der Waals surface area contributed by atoms with Crippen LogP contribution >= 0.6 is 0 Å². The van der Waals surface area contributed by atoms with Gasteiger partial charge in [0.25, 0.3) is 0 Å². The fourth-order valence-corrected chi connectivity index (χ4v) is 1.96. The number of nitrogens with one attached hydrogen (secondary N) is 2. The van der Waals surface area contributed by atoms with Crippen LogP contribution in [0.25, 0.3) is 0 Å². The van der Waals surface area contributed by atoms with Gasteiger partial charge in [-0.2, -0.15) is 0 Å². The molecule has 1 aliphatic rings. The summed E-state index contributed by atoms with van der Waals surface area (Å²) in [5, 5.41) is 5.72. The number of para-hydroxylation sites is 1. The van der Waals surface area contributed by atoms with Crippen LogP contribution in [0.3, 0.4) is 0 Å². The molecule has 0 spiro atoms. The van der Waals surface area contributed by atoms with Gasteiger partial charge in [0.2, 0.25) is 5.91 Å². The standard InChI is InChI=1S/C14H19FN2O/c1-10(8-11-6-7-11)16-9-14(18)17-13-5-3-2-4-12(13)15/h2-5,10-11,16H,6-9H2,1H3,(H,17,18). The topological polar surface area (TPSA) is 41.1 Å². The minimum Gasteiger partial charge on any atom is -0.322 e. The van der Waals surface area contributed by atoms with Crippen LogP contribution < -0.4 is 10.6 Å². The zero-order valence-electron chi connectivity index (χ0n) is 10.6. The summed E-state index contributed by atoms with van der Waals surface area (Å²) in [6.07, 6.45) is 3.74. The number of hydrogen-bond acceptors (Lipinski definition) is 2. The third-order valence-corrected chi connectivity index (χ3v) is 3.14. The number of rotatable bonds is 6. The number of hydrogen-bond donors (Lipinski definition) is 2. The van der Waals surface area contributed by atoms with Crippen LogP contribution in [0.4, 0.5) is 10.1 Å². The number of carbonyl (C=O) groups excluding carboxylic acids is 1. The summed E-state index contributed by atoms with van der Waals surface area (Å²) < 4.78 is 13.3. The third-order valence-electron chi connectivity index (χ3n) is 3.14. The molecule has 18 heavy (non-hydrogen) atoms. The van der Waals surface area contributed by atoms with Crippen molar-refractivity contribution in [2.45, 2.75) is 32.2 Å². The lowest BCUT2D eigenvalue weighted by molar-refractivity contribution is -0.115. The number of halogens is 1. The van der Waals surface area contributed by atoms with Crippen LogP contribution in [0.2, 0.25) is 0 Å². The van der Waals surface area contributed by atoms with Gasteiger partial charge in [-0.25, -0.2) is 4.39 Å². The average molecular weight is 250 g/mol. The molecule has 4 heteroatoms. The first-order valence-electron chi connectivity index (χ1n) is 6.43. The first-order chi connectivity index (χ1) is 8.65. The molecular formula is C14H19FN2O. The Morgan fingerprint density at radius 3 is 2.83 bits per heavy atom. The second-order valence-electron chi connectivity index (χ2n) is 4.99. The second-order valence-corrected chi connectivity index (χ2v) is 4.99. The summed E-state index contributed by atoms with van der Waals surface area (Å²) in [5.41, 5.74) is 0.235. The molecule has 0 aromatic heterocycles. The van der Waals surface area contributed by atoms with Crippen LogP contribution in [-0.4, -0.2) is 18.5 Å². The Hall–Kier alpha value is -1.42. The summed E-state index contributed by atoms with van der Waals surface area (Å²) in [4.78, 5) is 11.6. The van der Waals surface area contributed by atoms with E-state index in [9.17, 15) is 9.18 Å². The van der Waals surface area contributed by atoms with Crippen molar-refractivity contribution in [1.29, 1.82) is 0 Å². The van der Waals surface area contributed by atoms with Crippen molar-refractivity contribution in [3.8, 4) is 0 Å². The second kappa shape index (κ2) is 5.96. The normalized spacial score (nSPS) is 16.3. The van der Waals surface area contributed by atoms with Crippen LogP contribution in [0.5, 0.6) is 0 Å². The molecule has 1 aromatic carbocycles. The average Bonchev–Trinajstić information content (AvgIpc) is 3.13. The summed E-state index contributed by atoms with van der Waals surface area (Å²) in [5.74, 6) is 0.224. The lowest BCUT2D eigenvalue weighted by Crippen LogP contribution is -2.34. The maximum absolute atomic E-state index is 13.3. The Morgan fingerprint density at radius 2 is 2.17 bits per heavy atom. The molecule has 1 unspecified atom stereocenters. The molecular weight excluding hydrogens is 231 g/mol. The van der Waals surface area contributed by atoms with Crippen LogP contribution in [-0.2, 0) is 4.79 Å². The van der Waals surface area contributed by atoms with E-state index in [4.69, 9.17) is 0 Å². The van der Waals surface area contributed by atoms with Gasteiger partial charge in [-0.1, -0.05) is 25.0 Å². The highest BCUT2D eigenvalue weighted by atomic mass is 19.1. The number of benzene rings is 1. The van der Waals surface area contributed by atoms with Gasteiger partial charge >= 0.3 is 0 Å². The zero-order chi connectivity index (χ0) is 13.0. The summed E-state index contributed by atoms with van der Waals surface area (Å²) >= 11 is 0. The number of anilines is 1. The number of amides is 1. The maximum atomic E-state index is 13.3. The molecule has 1 aliphatic carbocycles. The van der Waals surface area contributed by atoms with Crippen LogP contribution in [0.15, 0.2) is 24.3 Å². The van der Waals surface area contributed by atoms with Gasteiger partial charge in [-0.3, -0.25) is 4.79 Å². The smallest absolute Gasteiger partial charge is 0.238 e. The molecule has 0 radical (unpaired) electrons. The molecule has 1 amide bonds. The van der Waals surface area contributed by atoms with Crippen LogP contribution in [0, 0.1) is 11.7 Å². The maximum Gasteiger partial charge on any atom is 0.238 e. The Balaban J connectivity index is 1.73. The minimum absolute atomic E-state index is 0.206. The molecule has 2 rings (SSSR count). The molecule has 0 saturated heterocycles. The van der Waals surface area contributed by atoms with Gasteiger partial charge in [-0.15, -0.1) is 0 Å². The molecule has 3 nitrogen and oxygen atoms in total. The van der Waals surface area contributed by atoms with Crippen molar-refractivity contribution in [2.75, 3.05) is 11.9 Å². The van der Waals surface area contributed by atoms with E-state index in [1.54, 1.807) is 18.2 Å². The molecule has 98 valence electrons. The van der Waals surface area contributed by atoms with E-state index in [1.165, 1.54) is 18.9 Å². The molecule has 1 fully saturated rings. The van der Waals surface area contributed by atoms with Crippen molar-refractivity contribution in [1.82, 2.24) is 5.32 Å². The highest BCUT2D eigenvalue weighted by molar-refractivity contribution is 5.92. The van der Waals surface area contributed by atoms with E-state index < -0.39 is 5.82 Å². The summed E-state index contributed by atoms with van der Waals surface area (Å²) in [6.45, 7) is 2.30. The van der Waals surface area contributed by atoms with E-state index in [1.807, 2.05) is 0 Å². The Labute approximate surface area is 107 Å². The SMILES string of the molecule is CC(CC1CC1)NCC(=O)Nc1ccccc1F. The monoisotopic (exact) mass is 250 g/mol. The van der Waals surface area contributed by atoms with E-state index >= 15 is 0 Å². The Morgan fingerprint density at radius 1 is 1.44 bits per heavy atom. The van der Waals surface area contributed by atoms with E-state index in [-0.39, 0.29) is 18.1 Å². The Bertz CT molecular complexity index is 418. The van der Waals surface area contributed by atoms with Gasteiger partial charge in [0.05, 0.1) is 12.2 Å².